The minimum absolute atomic E-state index is 0.0386. The number of benzene rings is 2. The number of aliphatic hydroxyl groups excluding tert-OH is 1. The summed E-state index contributed by atoms with van der Waals surface area (Å²) in [6, 6.07) is 4.64. The van der Waals surface area contributed by atoms with Gasteiger partial charge in [0.1, 0.15) is 41.7 Å². The van der Waals surface area contributed by atoms with Crippen molar-refractivity contribution >= 4 is 35.5 Å². The van der Waals surface area contributed by atoms with Gasteiger partial charge in [-0.15, -0.1) is 0 Å². The fourth-order valence-electron chi connectivity index (χ4n) is 8.17. The van der Waals surface area contributed by atoms with Gasteiger partial charge in [-0.2, -0.15) is 0 Å². The standard InChI is InChI=1S/C50H76N6O10/c1-9-11-12-13-14-15-16-17-18-19-20-21-22-23-44(58)56(6)41(32-57)48(61)52-33(3)46(59)51-31-37(10-2)55(5)45-36-25-27-43(66-8)39(30-36)38-28-35(24-26-42(38)65-7)29-40(50(63)64)54-47(60)34(4)53-49(45)62/h10,24-28,30,33-34,40-41,45,57H,9,11-23,29,31-32H2,1-8H3,(H,51,59)(H,52,61)(H,53,62)(H,54,60)(H,63,64)/b37-10-/t33-,34+,40+,41-,45+/m1/s1. The molecule has 6 N–H and O–H groups in total. The van der Waals surface area contributed by atoms with Crippen molar-refractivity contribution < 1.29 is 48.5 Å². The third-order valence-corrected chi connectivity index (χ3v) is 12.3. The Hall–Kier alpha value is -5.64. The van der Waals surface area contributed by atoms with Crippen molar-refractivity contribution in [3.63, 3.8) is 0 Å². The van der Waals surface area contributed by atoms with Crippen LogP contribution in [0.3, 0.4) is 0 Å². The van der Waals surface area contributed by atoms with Gasteiger partial charge in [0.2, 0.25) is 29.5 Å². The minimum Gasteiger partial charge on any atom is -0.496 e. The maximum Gasteiger partial charge on any atom is 0.326 e. The number of carbonyl (C=O) groups excluding carboxylic acids is 5. The van der Waals surface area contributed by atoms with Crippen LogP contribution in [0.25, 0.3) is 11.1 Å². The molecule has 0 radical (unpaired) electrons. The number of carboxylic acids is 1. The first-order valence-corrected chi connectivity index (χ1v) is 23.6. The molecule has 1 heterocycles. The van der Waals surface area contributed by atoms with Crippen LogP contribution in [0.1, 0.15) is 135 Å². The summed E-state index contributed by atoms with van der Waals surface area (Å²) < 4.78 is 11.4. The van der Waals surface area contributed by atoms with E-state index in [0.29, 0.717) is 45.9 Å². The third-order valence-electron chi connectivity index (χ3n) is 12.3. The predicted octanol–water partition coefficient (Wildman–Crippen LogP) is 5.80. The minimum atomic E-state index is -1.30. The molecule has 0 saturated carbocycles. The van der Waals surface area contributed by atoms with Gasteiger partial charge in [-0.1, -0.05) is 102 Å². The van der Waals surface area contributed by atoms with E-state index in [0.717, 1.165) is 19.3 Å². The number of carbonyl (C=O) groups is 6. The Bertz CT molecular complexity index is 1960. The molecule has 5 atom stereocenters. The summed E-state index contributed by atoms with van der Waals surface area (Å²) in [6.45, 7) is 6.22. The lowest BCUT2D eigenvalue weighted by Crippen LogP contribution is -2.54. The number of fused-ring (bicyclic) bond motifs is 5. The molecule has 1 aliphatic rings. The summed E-state index contributed by atoms with van der Waals surface area (Å²) in [5, 5.41) is 30.9. The number of allylic oxidation sites excluding steroid dienone is 1. The molecule has 0 unspecified atom stereocenters. The maximum absolute atomic E-state index is 14.3. The largest absolute Gasteiger partial charge is 0.496 e. The van der Waals surface area contributed by atoms with Gasteiger partial charge in [-0.05, 0) is 62.6 Å². The molecule has 16 nitrogen and oxygen atoms in total. The van der Waals surface area contributed by atoms with E-state index in [1.165, 1.54) is 97.8 Å². The van der Waals surface area contributed by atoms with E-state index in [1.807, 2.05) is 0 Å². The van der Waals surface area contributed by atoms with Gasteiger partial charge in [-0.25, -0.2) is 4.79 Å². The molecule has 0 saturated heterocycles. The van der Waals surface area contributed by atoms with E-state index in [9.17, 15) is 39.0 Å². The second kappa shape index (κ2) is 28.4. The van der Waals surface area contributed by atoms with Crippen LogP contribution in [0.15, 0.2) is 48.2 Å². The van der Waals surface area contributed by atoms with Crippen molar-refractivity contribution in [1.82, 2.24) is 31.1 Å². The number of carboxylic acid groups (broad SMARTS) is 1. The van der Waals surface area contributed by atoms with Crippen LogP contribution in [0.4, 0.5) is 0 Å². The Labute approximate surface area is 391 Å². The summed E-state index contributed by atoms with van der Waals surface area (Å²) in [7, 11) is 6.15. The molecule has 4 bridgehead atoms. The van der Waals surface area contributed by atoms with Crippen molar-refractivity contribution in [2.45, 2.75) is 154 Å². The van der Waals surface area contributed by atoms with E-state index in [-0.39, 0.29) is 25.3 Å². The van der Waals surface area contributed by atoms with Crippen LogP contribution in [0.2, 0.25) is 0 Å². The number of hydrogen-bond acceptors (Lipinski definition) is 10. The molecule has 366 valence electrons. The molecule has 16 heteroatoms. The van der Waals surface area contributed by atoms with Gasteiger partial charge in [0, 0.05) is 43.8 Å². The number of likely N-dealkylation sites (N-methyl/N-ethyl adjacent to an activating group) is 2. The van der Waals surface area contributed by atoms with Crippen LogP contribution in [-0.2, 0) is 35.2 Å². The Balaban J connectivity index is 1.68. The quantitative estimate of drug-likeness (QED) is 0.0621. The molecule has 3 rings (SSSR count). The fraction of sp³-hybridized carbons (Fsp3) is 0.600. The SMILES string of the molecule is C/C=C(/CNC(=O)[C@@H](C)NC(=O)[C@@H](CO)N(C)C(=O)CCCCCCCCCCCCCCC)N(C)[C@@H]1C(=O)N[C@@H](C)C(=O)N[C@H](C(=O)O)Cc2ccc(OC)c(c2)-c2cc1ccc2OC. The second-order valence-electron chi connectivity index (χ2n) is 17.3. The Kier molecular flexibility index (Phi) is 23.5. The van der Waals surface area contributed by atoms with Crippen LogP contribution >= 0.6 is 0 Å². The molecule has 66 heavy (non-hydrogen) atoms. The van der Waals surface area contributed by atoms with Crippen molar-refractivity contribution in [1.29, 1.82) is 0 Å². The van der Waals surface area contributed by atoms with E-state index in [4.69, 9.17) is 9.47 Å². The summed E-state index contributed by atoms with van der Waals surface area (Å²) in [5.74, 6) is -3.09. The van der Waals surface area contributed by atoms with Crippen molar-refractivity contribution in [3.8, 4) is 22.6 Å². The summed E-state index contributed by atoms with van der Waals surface area (Å²) in [5.41, 5.74) is 2.74. The van der Waals surface area contributed by atoms with Crippen molar-refractivity contribution in [2.24, 2.45) is 0 Å². The number of hydrogen-bond donors (Lipinski definition) is 6. The van der Waals surface area contributed by atoms with Crippen LogP contribution < -0.4 is 30.7 Å². The summed E-state index contributed by atoms with van der Waals surface area (Å²) in [6.07, 6.45) is 17.3. The van der Waals surface area contributed by atoms with Gasteiger partial charge in [0.15, 0.2) is 0 Å². The van der Waals surface area contributed by atoms with Gasteiger partial charge >= 0.3 is 5.97 Å². The number of nitrogens with one attached hydrogen (secondary N) is 4. The van der Waals surface area contributed by atoms with Crippen molar-refractivity contribution in [2.75, 3.05) is 41.5 Å². The van der Waals surface area contributed by atoms with Gasteiger partial charge in [0.05, 0.1) is 27.4 Å². The highest BCUT2D eigenvalue weighted by atomic mass is 16.5. The monoisotopic (exact) mass is 921 g/mol. The zero-order valence-electron chi connectivity index (χ0n) is 40.5. The smallest absolute Gasteiger partial charge is 0.326 e. The predicted molar refractivity (Wildman–Crippen MR) is 255 cm³/mol. The molecule has 2 aromatic carbocycles. The Morgan fingerprint density at radius 2 is 1.38 bits per heavy atom. The summed E-state index contributed by atoms with van der Waals surface area (Å²) in [4.78, 5) is 82.6. The average molecular weight is 921 g/mol. The van der Waals surface area contributed by atoms with E-state index >= 15 is 0 Å². The molecule has 2 aromatic rings. The normalized spacial score (nSPS) is 17.3. The Morgan fingerprint density at radius 1 is 0.818 bits per heavy atom. The third kappa shape index (κ3) is 16.4. The first-order chi connectivity index (χ1) is 31.6. The summed E-state index contributed by atoms with van der Waals surface area (Å²) >= 11 is 0. The molecular weight excluding hydrogens is 845 g/mol. The lowest BCUT2D eigenvalue weighted by molar-refractivity contribution is -0.142. The highest BCUT2D eigenvalue weighted by Gasteiger charge is 2.33. The van der Waals surface area contributed by atoms with Gasteiger partial charge < -0.3 is 50.8 Å². The molecular formula is C50H76N6O10. The number of rotatable bonds is 26. The Morgan fingerprint density at radius 3 is 1.92 bits per heavy atom. The van der Waals surface area contributed by atoms with E-state index < -0.39 is 66.4 Å². The van der Waals surface area contributed by atoms with Gasteiger partial charge in [0.25, 0.3) is 0 Å². The molecule has 0 spiro atoms. The van der Waals surface area contributed by atoms with Crippen molar-refractivity contribution in [3.05, 3.63) is 59.3 Å². The van der Waals surface area contributed by atoms with Gasteiger partial charge in [-0.3, -0.25) is 24.0 Å². The van der Waals surface area contributed by atoms with E-state index in [2.05, 4.69) is 28.2 Å². The molecule has 0 aromatic heterocycles. The molecule has 0 fully saturated rings. The lowest BCUT2D eigenvalue weighted by atomic mass is 9.93. The number of amides is 5. The maximum atomic E-state index is 14.3. The zero-order valence-corrected chi connectivity index (χ0v) is 40.5. The topological polar surface area (TPSA) is 216 Å². The number of ether oxygens (including phenoxy) is 2. The highest BCUT2D eigenvalue weighted by molar-refractivity contribution is 5.93. The first kappa shape index (κ1) is 54.7. The molecule has 1 aliphatic heterocycles. The van der Waals surface area contributed by atoms with Crippen LogP contribution in [0, 0.1) is 0 Å². The number of aliphatic hydroxyl groups is 1. The fourth-order valence-corrected chi connectivity index (χ4v) is 8.17. The van der Waals surface area contributed by atoms with Crippen LogP contribution in [0.5, 0.6) is 11.5 Å². The van der Waals surface area contributed by atoms with E-state index in [1.54, 1.807) is 61.3 Å². The number of nitrogens with zero attached hydrogens (tertiary/aromatic N) is 2. The number of methoxy groups -OCH3 is 2. The highest BCUT2D eigenvalue weighted by Crippen LogP contribution is 2.40. The molecule has 5 amide bonds. The first-order valence-electron chi connectivity index (χ1n) is 23.6. The lowest BCUT2D eigenvalue weighted by Gasteiger charge is -2.33. The van der Waals surface area contributed by atoms with Crippen LogP contribution in [-0.4, -0.2) is 121 Å². The average Bonchev–Trinajstić information content (AvgIpc) is 3.29. The molecule has 0 aliphatic carbocycles. The number of unbranched alkanes of at least 4 members (excludes halogenated alkanes) is 12. The number of aliphatic carboxylic acids is 1. The second-order valence-corrected chi connectivity index (χ2v) is 17.3. The zero-order chi connectivity index (χ0) is 48.8.